The summed E-state index contributed by atoms with van der Waals surface area (Å²) in [5.41, 5.74) is 0.910. The number of amides is 1. The second-order valence-electron chi connectivity index (χ2n) is 6.64. The van der Waals surface area contributed by atoms with Crippen molar-refractivity contribution in [3.05, 3.63) is 82.9 Å². The van der Waals surface area contributed by atoms with Crippen LogP contribution in [0.4, 0.5) is 0 Å². The molecule has 0 aliphatic carbocycles. The second kappa shape index (κ2) is 8.36. The lowest BCUT2D eigenvalue weighted by molar-refractivity contribution is 0.0941. The monoisotopic (exact) mass is 432 g/mol. The number of benzene rings is 2. The molecule has 0 aliphatic heterocycles. The van der Waals surface area contributed by atoms with Gasteiger partial charge in [-0.2, -0.15) is 0 Å². The van der Waals surface area contributed by atoms with E-state index in [-0.39, 0.29) is 15.5 Å². The van der Waals surface area contributed by atoms with Crippen LogP contribution in [0.2, 0.25) is 5.02 Å². The Balaban J connectivity index is 2.00. The highest BCUT2D eigenvalue weighted by Gasteiger charge is 2.25. The van der Waals surface area contributed by atoms with Crippen molar-refractivity contribution in [2.24, 2.45) is 7.05 Å². The first-order valence-electron chi connectivity index (χ1n) is 8.77. The first-order chi connectivity index (χ1) is 13.7. The average molecular weight is 433 g/mol. The van der Waals surface area contributed by atoms with Crippen molar-refractivity contribution in [1.29, 1.82) is 0 Å². The van der Waals surface area contributed by atoms with Crippen molar-refractivity contribution in [3.63, 3.8) is 0 Å². The molecular weight excluding hydrogens is 412 g/mol. The highest BCUT2D eigenvalue weighted by molar-refractivity contribution is 7.89. The summed E-state index contributed by atoms with van der Waals surface area (Å²) >= 11 is 6.22. The fourth-order valence-corrected chi connectivity index (χ4v) is 3.99. The SMILES string of the molecule is CN(C)S(=O)(=O)c1ccc(Cl)c(C(=O)NC(c2ccccc2)c2nccn2C)c1. The molecule has 29 heavy (non-hydrogen) atoms. The summed E-state index contributed by atoms with van der Waals surface area (Å²) in [6, 6.07) is 12.9. The number of halogens is 1. The Labute approximate surface area is 175 Å². The van der Waals surface area contributed by atoms with Crippen molar-refractivity contribution >= 4 is 27.5 Å². The third-order valence-electron chi connectivity index (χ3n) is 4.49. The summed E-state index contributed by atoms with van der Waals surface area (Å²) in [7, 11) is 0.987. The highest BCUT2D eigenvalue weighted by atomic mass is 35.5. The molecule has 2 aromatic carbocycles. The van der Waals surface area contributed by atoms with Gasteiger partial charge in [-0.15, -0.1) is 0 Å². The summed E-state index contributed by atoms with van der Waals surface area (Å²) in [4.78, 5) is 17.4. The molecule has 0 saturated carbocycles. The number of nitrogens with zero attached hydrogens (tertiary/aromatic N) is 3. The van der Waals surface area contributed by atoms with Crippen molar-refractivity contribution in [2.75, 3.05) is 14.1 Å². The molecule has 1 amide bonds. The molecule has 1 atom stereocenters. The molecule has 1 unspecified atom stereocenters. The lowest BCUT2D eigenvalue weighted by atomic mass is 10.1. The number of aromatic nitrogens is 2. The predicted molar refractivity (Wildman–Crippen MR) is 111 cm³/mol. The Morgan fingerprint density at radius 3 is 2.45 bits per heavy atom. The maximum absolute atomic E-state index is 13.1. The van der Waals surface area contributed by atoms with Crippen molar-refractivity contribution in [1.82, 2.24) is 19.2 Å². The van der Waals surface area contributed by atoms with Gasteiger partial charge in [-0.25, -0.2) is 17.7 Å². The molecule has 3 aromatic rings. The van der Waals surface area contributed by atoms with Crippen LogP contribution in [0.3, 0.4) is 0 Å². The van der Waals surface area contributed by atoms with Crippen LogP contribution in [-0.2, 0) is 17.1 Å². The first-order valence-corrected chi connectivity index (χ1v) is 10.6. The molecule has 3 rings (SSSR count). The molecule has 0 aliphatic rings. The summed E-state index contributed by atoms with van der Waals surface area (Å²) < 4.78 is 27.8. The van der Waals surface area contributed by atoms with Crippen LogP contribution in [0.25, 0.3) is 0 Å². The largest absolute Gasteiger partial charge is 0.338 e. The van der Waals surface area contributed by atoms with Gasteiger partial charge < -0.3 is 9.88 Å². The number of hydrogen-bond donors (Lipinski definition) is 1. The summed E-state index contributed by atoms with van der Waals surface area (Å²) in [5.74, 6) is 0.139. The lowest BCUT2D eigenvalue weighted by Crippen LogP contribution is -2.31. The normalized spacial score (nSPS) is 12.7. The van der Waals surface area contributed by atoms with Crippen LogP contribution >= 0.6 is 11.6 Å². The van der Waals surface area contributed by atoms with E-state index in [0.29, 0.717) is 5.82 Å². The molecule has 0 saturated heterocycles. The summed E-state index contributed by atoms with van der Waals surface area (Å²) in [6.45, 7) is 0. The number of carbonyl (C=O) groups is 1. The van der Waals surface area contributed by atoms with Crippen LogP contribution in [-0.4, -0.2) is 42.3 Å². The van der Waals surface area contributed by atoms with Gasteiger partial charge in [0.05, 0.1) is 15.5 Å². The van der Waals surface area contributed by atoms with E-state index in [2.05, 4.69) is 10.3 Å². The van der Waals surface area contributed by atoms with E-state index in [1.807, 2.05) is 41.9 Å². The van der Waals surface area contributed by atoms with E-state index in [9.17, 15) is 13.2 Å². The van der Waals surface area contributed by atoms with Crippen LogP contribution in [0.5, 0.6) is 0 Å². The third kappa shape index (κ3) is 4.34. The van der Waals surface area contributed by atoms with E-state index in [4.69, 9.17) is 11.6 Å². The number of nitrogens with one attached hydrogen (secondary N) is 1. The molecule has 0 fully saturated rings. The number of aryl methyl sites for hydroxylation is 1. The van der Waals surface area contributed by atoms with E-state index < -0.39 is 22.0 Å². The highest BCUT2D eigenvalue weighted by Crippen LogP contribution is 2.25. The molecule has 9 heteroatoms. The van der Waals surface area contributed by atoms with Gasteiger partial charge in [-0.1, -0.05) is 41.9 Å². The maximum atomic E-state index is 13.1. The fourth-order valence-electron chi connectivity index (χ4n) is 2.86. The second-order valence-corrected chi connectivity index (χ2v) is 9.20. The zero-order chi connectivity index (χ0) is 21.2. The van der Waals surface area contributed by atoms with Gasteiger partial charge in [0.1, 0.15) is 11.9 Å². The minimum atomic E-state index is -3.70. The zero-order valence-electron chi connectivity index (χ0n) is 16.2. The molecule has 1 N–H and O–H groups in total. The number of hydrogen-bond acceptors (Lipinski definition) is 4. The van der Waals surface area contributed by atoms with Gasteiger partial charge >= 0.3 is 0 Å². The minimum Gasteiger partial charge on any atom is -0.338 e. The van der Waals surface area contributed by atoms with Gasteiger partial charge in [-0.05, 0) is 23.8 Å². The fraction of sp³-hybridized carbons (Fsp3) is 0.200. The molecule has 1 aromatic heterocycles. The van der Waals surface area contributed by atoms with Crippen LogP contribution < -0.4 is 5.32 Å². The Hall–Kier alpha value is -2.68. The quantitative estimate of drug-likeness (QED) is 0.649. The van der Waals surface area contributed by atoms with E-state index in [1.165, 1.54) is 32.3 Å². The standard InChI is InChI=1S/C20H21ClN4O3S/c1-24(2)29(27,28)15-9-10-17(21)16(13-15)20(26)23-18(14-7-5-4-6-8-14)19-22-11-12-25(19)3/h4-13,18H,1-3H3,(H,23,26). The van der Waals surface area contributed by atoms with E-state index >= 15 is 0 Å². The van der Waals surface area contributed by atoms with Crippen LogP contribution in [0, 0.1) is 0 Å². The smallest absolute Gasteiger partial charge is 0.253 e. The van der Waals surface area contributed by atoms with Crippen LogP contribution in [0.1, 0.15) is 27.8 Å². The van der Waals surface area contributed by atoms with Gasteiger partial charge in [0.25, 0.3) is 5.91 Å². The minimum absolute atomic E-state index is 0.00898. The predicted octanol–water partition coefficient (Wildman–Crippen LogP) is 2.84. The van der Waals surface area contributed by atoms with E-state index in [0.717, 1.165) is 9.87 Å². The Morgan fingerprint density at radius 1 is 1.17 bits per heavy atom. The third-order valence-corrected chi connectivity index (χ3v) is 6.63. The van der Waals surface area contributed by atoms with Crippen LogP contribution in [0.15, 0.2) is 65.8 Å². The Bertz CT molecular complexity index is 1130. The number of rotatable bonds is 6. The molecule has 0 bridgehead atoms. The molecule has 1 heterocycles. The number of imidazole rings is 1. The van der Waals surface area contributed by atoms with E-state index in [1.54, 1.807) is 12.4 Å². The molecule has 152 valence electrons. The Morgan fingerprint density at radius 2 is 1.86 bits per heavy atom. The summed E-state index contributed by atoms with van der Waals surface area (Å²) in [5, 5.41) is 3.09. The van der Waals surface area contributed by atoms with Crippen molar-refractivity contribution < 1.29 is 13.2 Å². The first kappa shape index (κ1) is 21.0. The Kier molecular flexibility index (Phi) is 6.07. The maximum Gasteiger partial charge on any atom is 0.253 e. The molecular formula is C20H21ClN4O3S. The van der Waals surface area contributed by atoms with Crippen molar-refractivity contribution in [3.8, 4) is 0 Å². The topological polar surface area (TPSA) is 84.3 Å². The molecule has 0 radical (unpaired) electrons. The van der Waals surface area contributed by atoms with Gasteiger partial charge in [-0.3, -0.25) is 4.79 Å². The molecule has 0 spiro atoms. The van der Waals surface area contributed by atoms with Crippen molar-refractivity contribution in [2.45, 2.75) is 10.9 Å². The van der Waals surface area contributed by atoms with Gasteiger partial charge in [0.15, 0.2) is 0 Å². The molecule has 7 nitrogen and oxygen atoms in total. The number of sulfonamides is 1. The summed E-state index contributed by atoms with van der Waals surface area (Å²) in [6.07, 6.45) is 3.43. The average Bonchev–Trinajstić information content (AvgIpc) is 3.12. The van der Waals surface area contributed by atoms with Gasteiger partial charge in [0, 0.05) is 33.5 Å². The zero-order valence-corrected chi connectivity index (χ0v) is 17.8. The lowest BCUT2D eigenvalue weighted by Gasteiger charge is -2.20. The van der Waals surface area contributed by atoms with Gasteiger partial charge in [0.2, 0.25) is 10.0 Å². The number of carbonyl (C=O) groups excluding carboxylic acids is 1.